The first-order valence-electron chi connectivity index (χ1n) is 4.83. The van der Waals surface area contributed by atoms with Gasteiger partial charge in [-0.3, -0.25) is 4.98 Å². The number of rotatable bonds is 4. The monoisotopic (exact) mass is 271 g/mol. The molecule has 0 unspecified atom stereocenters. The molecule has 0 N–H and O–H groups in total. The van der Waals surface area contributed by atoms with Crippen LogP contribution >= 0.6 is 34.9 Å². The molecule has 0 fully saturated rings. The molecule has 0 saturated heterocycles. The highest BCUT2D eigenvalue weighted by Gasteiger charge is 2.04. The Labute approximate surface area is 107 Å². The summed E-state index contributed by atoms with van der Waals surface area (Å²) in [7, 11) is 0. The van der Waals surface area contributed by atoms with Crippen LogP contribution in [0.3, 0.4) is 0 Å². The van der Waals surface area contributed by atoms with Crippen LogP contribution in [0.5, 0.6) is 0 Å². The smallest absolute Gasteiger partial charge is 0.170 e. The third-order valence-electron chi connectivity index (χ3n) is 1.89. The molecular formula is C10H10ClN3S2. The predicted octanol–water partition coefficient (Wildman–Crippen LogP) is 3.44. The van der Waals surface area contributed by atoms with E-state index in [-0.39, 0.29) is 0 Å². The number of aryl methyl sites for hydroxylation is 1. The van der Waals surface area contributed by atoms with E-state index >= 15 is 0 Å². The summed E-state index contributed by atoms with van der Waals surface area (Å²) in [6.07, 6.45) is 2.60. The number of hydrogen-bond acceptors (Lipinski definition) is 5. The van der Waals surface area contributed by atoms with Crippen molar-refractivity contribution >= 4 is 34.9 Å². The number of aromatic nitrogens is 3. The molecule has 0 bridgehead atoms. The zero-order valence-electron chi connectivity index (χ0n) is 8.68. The van der Waals surface area contributed by atoms with Crippen molar-refractivity contribution in [1.29, 1.82) is 0 Å². The molecule has 3 nitrogen and oxygen atoms in total. The molecule has 0 aromatic carbocycles. The molecule has 0 aliphatic carbocycles. The maximum Gasteiger partial charge on any atom is 0.170 e. The van der Waals surface area contributed by atoms with Crippen molar-refractivity contribution in [2.75, 3.05) is 0 Å². The fourth-order valence-corrected chi connectivity index (χ4v) is 2.88. The Morgan fingerprint density at radius 3 is 3.06 bits per heavy atom. The lowest BCUT2D eigenvalue weighted by atomic mass is 10.4. The molecule has 0 radical (unpaired) electrons. The third-order valence-corrected chi connectivity index (χ3v) is 4.03. The van der Waals surface area contributed by atoms with E-state index < -0.39 is 0 Å². The summed E-state index contributed by atoms with van der Waals surface area (Å²) in [5, 5.41) is 0.720. The van der Waals surface area contributed by atoms with Crippen LogP contribution in [-0.4, -0.2) is 14.3 Å². The molecule has 2 rings (SSSR count). The van der Waals surface area contributed by atoms with Crippen LogP contribution in [0.15, 0.2) is 22.7 Å². The first-order valence-corrected chi connectivity index (χ1v) is 6.97. The first-order chi connectivity index (χ1) is 7.78. The maximum atomic E-state index is 5.88. The zero-order valence-corrected chi connectivity index (χ0v) is 11.1. The summed E-state index contributed by atoms with van der Waals surface area (Å²) in [6.45, 7) is 2.05. The number of pyridine rings is 1. The molecule has 0 amide bonds. The second kappa shape index (κ2) is 5.61. The molecule has 2 aromatic rings. The van der Waals surface area contributed by atoms with E-state index in [4.69, 9.17) is 11.6 Å². The maximum absolute atomic E-state index is 5.88. The summed E-state index contributed by atoms with van der Waals surface area (Å²) in [5.41, 5.74) is 0.964. The molecule has 84 valence electrons. The van der Waals surface area contributed by atoms with Gasteiger partial charge in [0.25, 0.3) is 0 Å². The highest BCUT2D eigenvalue weighted by molar-refractivity contribution is 8.00. The van der Waals surface area contributed by atoms with Crippen LogP contribution < -0.4 is 0 Å². The molecular weight excluding hydrogens is 262 g/mol. The second-order valence-corrected chi connectivity index (χ2v) is 5.49. The minimum Gasteiger partial charge on any atom is -0.260 e. The van der Waals surface area contributed by atoms with Gasteiger partial charge in [0.1, 0.15) is 5.82 Å². The van der Waals surface area contributed by atoms with Crippen LogP contribution in [0, 0.1) is 0 Å². The summed E-state index contributed by atoms with van der Waals surface area (Å²) in [5.74, 6) is 1.69. The topological polar surface area (TPSA) is 38.7 Å². The van der Waals surface area contributed by atoms with Gasteiger partial charge in [-0.25, -0.2) is 4.98 Å². The Kier molecular flexibility index (Phi) is 4.15. The van der Waals surface area contributed by atoms with Crippen LogP contribution in [0.1, 0.15) is 18.4 Å². The molecule has 0 aliphatic heterocycles. The van der Waals surface area contributed by atoms with E-state index in [0.717, 1.165) is 33.1 Å². The molecule has 0 atom stereocenters. The molecule has 2 aromatic heterocycles. The van der Waals surface area contributed by atoms with Crippen molar-refractivity contribution in [2.45, 2.75) is 23.4 Å². The number of hydrogen-bond donors (Lipinski definition) is 0. The summed E-state index contributed by atoms with van der Waals surface area (Å²) in [4.78, 5) is 8.61. The van der Waals surface area contributed by atoms with Gasteiger partial charge in [-0.1, -0.05) is 30.3 Å². The number of thioether (sulfide) groups is 1. The second-order valence-electron chi connectivity index (χ2n) is 3.08. The lowest BCUT2D eigenvalue weighted by Crippen LogP contribution is -1.86. The third kappa shape index (κ3) is 3.17. The Hall–Kier alpha value is -0.650. The highest BCUT2D eigenvalue weighted by Crippen LogP contribution is 2.24. The van der Waals surface area contributed by atoms with Crippen molar-refractivity contribution < 1.29 is 0 Å². The standard InChI is InChI=1S/C10H10ClN3S2/c1-2-9-13-10(16-14-9)15-6-8-5-7(11)3-4-12-8/h3-5H,2,6H2,1H3. The van der Waals surface area contributed by atoms with Crippen LogP contribution in [-0.2, 0) is 12.2 Å². The Morgan fingerprint density at radius 1 is 1.50 bits per heavy atom. The number of nitrogens with zero attached hydrogens (tertiary/aromatic N) is 3. The Balaban J connectivity index is 1.96. The first kappa shape index (κ1) is 11.8. The average molecular weight is 272 g/mol. The van der Waals surface area contributed by atoms with Crippen molar-refractivity contribution in [3.8, 4) is 0 Å². The lowest BCUT2D eigenvalue weighted by Gasteiger charge is -1.97. The van der Waals surface area contributed by atoms with E-state index in [9.17, 15) is 0 Å². The fraction of sp³-hybridized carbons (Fsp3) is 0.300. The van der Waals surface area contributed by atoms with Crippen molar-refractivity contribution in [1.82, 2.24) is 14.3 Å². The summed E-state index contributed by atoms with van der Waals surface area (Å²) in [6, 6.07) is 3.65. The van der Waals surface area contributed by atoms with Crippen LogP contribution in [0.2, 0.25) is 5.02 Å². The quantitative estimate of drug-likeness (QED) is 0.799. The van der Waals surface area contributed by atoms with E-state index in [1.807, 2.05) is 6.07 Å². The Bertz CT molecular complexity index is 473. The van der Waals surface area contributed by atoms with Gasteiger partial charge >= 0.3 is 0 Å². The van der Waals surface area contributed by atoms with Crippen LogP contribution in [0.25, 0.3) is 0 Å². The fourth-order valence-electron chi connectivity index (χ4n) is 1.10. The van der Waals surface area contributed by atoms with Gasteiger partial charge in [-0.05, 0) is 23.7 Å². The van der Waals surface area contributed by atoms with Gasteiger partial charge in [0.2, 0.25) is 0 Å². The molecule has 2 heterocycles. The lowest BCUT2D eigenvalue weighted by molar-refractivity contribution is 0.971. The van der Waals surface area contributed by atoms with Gasteiger partial charge in [-0.15, -0.1) is 0 Å². The minimum absolute atomic E-state index is 0.720. The van der Waals surface area contributed by atoms with E-state index in [2.05, 4.69) is 21.3 Å². The largest absolute Gasteiger partial charge is 0.260 e. The predicted molar refractivity (Wildman–Crippen MR) is 68.1 cm³/mol. The summed E-state index contributed by atoms with van der Waals surface area (Å²) >= 11 is 8.96. The summed E-state index contributed by atoms with van der Waals surface area (Å²) < 4.78 is 5.21. The van der Waals surface area contributed by atoms with Gasteiger partial charge in [0.05, 0.1) is 5.69 Å². The van der Waals surface area contributed by atoms with Gasteiger partial charge < -0.3 is 0 Å². The minimum atomic E-state index is 0.720. The van der Waals surface area contributed by atoms with Gasteiger partial charge in [0, 0.05) is 23.4 Å². The molecule has 6 heteroatoms. The molecule has 0 aliphatic rings. The van der Waals surface area contributed by atoms with Crippen molar-refractivity contribution in [3.05, 3.63) is 34.9 Å². The van der Waals surface area contributed by atoms with Gasteiger partial charge in [0.15, 0.2) is 4.34 Å². The zero-order chi connectivity index (χ0) is 11.4. The van der Waals surface area contributed by atoms with E-state index in [1.165, 1.54) is 11.5 Å². The van der Waals surface area contributed by atoms with Crippen LogP contribution in [0.4, 0.5) is 0 Å². The van der Waals surface area contributed by atoms with Crippen molar-refractivity contribution in [2.24, 2.45) is 0 Å². The van der Waals surface area contributed by atoms with Crippen molar-refractivity contribution in [3.63, 3.8) is 0 Å². The normalized spacial score (nSPS) is 10.6. The molecule has 0 spiro atoms. The Morgan fingerprint density at radius 2 is 2.38 bits per heavy atom. The van der Waals surface area contributed by atoms with Gasteiger partial charge in [-0.2, -0.15) is 4.37 Å². The average Bonchev–Trinajstić information content (AvgIpc) is 2.74. The number of halogens is 1. The SMILES string of the molecule is CCc1nsc(SCc2cc(Cl)ccn2)n1. The van der Waals surface area contributed by atoms with E-state index in [1.54, 1.807) is 24.0 Å². The molecule has 16 heavy (non-hydrogen) atoms. The molecule has 0 saturated carbocycles. The van der Waals surface area contributed by atoms with E-state index in [0.29, 0.717) is 0 Å². The highest BCUT2D eigenvalue weighted by atomic mass is 35.5.